The fourth-order valence-corrected chi connectivity index (χ4v) is 2.89. The van der Waals surface area contributed by atoms with E-state index in [1.165, 1.54) is 18.5 Å². The normalized spacial score (nSPS) is 20.1. The molecule has 2 heterocycles. The number of aromatic nitrogens is 3. The Bertz CT molecular complexity index is 612. The topological polar surface area (TPSA) is 69.4 Å². The Kier molecular flexibility index (Phi) is 4.70. The van der Waals surface area contributed by atoms with Crippen molar-refractivity contribution in [3.8, 4) is 0 Å². The third kappa shape index (κ3) is 3.57. The SMILES string of the molecule is CC1(C(O)C(Cc2ccc(F)cc2)n2cncn2)COCOC1. The predicted octanol–water partition coefficient (Wildman–Crippen LogP) is 1.57. The van der Waals surface area contributed by atoms with Crippen molar-refractivity contribution < 1.29 is 19.0 Å². The fourth-order valence-electron chi connectivity index (χ4n) is 2.89. The number of hydrogen-bond acceptors (Lipinski definition) is 5. The summed E-state index contributed by atoms with van der Waals surface area (Å²) in [6, 6.07) is 5.89. The molecular weight excluding hydrogens is 301 g/mol. The number of aliphatic hydroxyl groups excluding tert-OH is 1. The molecule has 124 valence electrons. The maximum atomic E-state index is 13.1. The van der Waals surface area contributed by atoms with Crippen molar-refractivity contribution in [3.63, 3.8) is 0 Å². The van der Waals surface area contributed by atoms with Crippen molar-refractivity contribution in [2.24, 2.45) is 5.41 Å². The van der Waals surface area contributed by atoms with Gasteiger partial charge in [0.05, 0.1) is 25.4 Å². The van der Waals surface area contributed by atoms with Crippen LogP contribution in [0.15, 0.2) is 36.9 Å². The number of benzene rings is 1. The predicted molar refractivity (Wildman–Crippen MR) is 80.0 cm³/mol. The van der Waals surface area contributed by atoms with Crippen molar-refractivity contribution in [1.29, 1.82) is 0 Å². The summed E-state index contributed by atoms with van der Waals surface area (Å²) in [5.74, 6) is -0.285. The molecular formula is C16H20FN3O3. The van der Waals surface area contributed by atoms with Gasteiger partial charge in [0.25, 0.3) is 0 Å². The number of ether oxygens (including phenoxy) is 2. The lowest BCUT2D eigenvalue weighted by molar-refractivity contribution is -0.196. The van der Waals surface area contributed by atoms with Crippen LogP contribution in [0, 0.1) is 11.2 Å². The minimum absolute atomic E-state index is 0.244. The molecule has 6 nitrogen and oxygen atoms in total. The zero-order valence-corrected chi connectivity index (χ0v) is 12.9. The molecule has 0 bridgehead atoms. The summed E-state index contributed by atoms with van der Waals surface area (Å²) < 4.78 is 25.5. The molecule has 0 spiro atoms. The van der Waals surface area contributed by atoms with Crippen molar-refractivity contribution in [1.82, 2.24) is 14.8 Å². The van der Waals surface area contributed by atoms with E-state index >= 15 is 0 Å². The third-order valence-electron chi connectivity index (χ3n) is 4.24. The van der Waals surface area contributed by atoms with E-state index in [2.05, 4.69) is 10.1 Å². The number of aliphatic hydroxyl groups is 1. The van der Waals surface area contributed by atoms with Crippen LogP contribution in [0.5, 0.6) is 0 Å². The van der Waals surface area contributed by atoms with E-state index in [-0.39, 0.29) is 18.7 Å². The molecule has 2 atom stereocenters. The maximum Gasteiger partial charge on any atom is 0.146 e. The maximum absolute atomic E-state index is 13.1. The molecule has 0 saturated carbocycles. The average Bonchev–Trinajstić information content (AvgIpc) is 3.08. The Hall–Kier alpha value is -1.83. The van der Waals surface area contributed by atoms with E-state index in [1.807, 2.05) is 6.92 Å². The first kappa shape index (κ1) is 16.0. The zero-order chi connectivity index (χ0) is 16.3. The van der Waals surface area contributed by atoms with E-state index in [0.717, 1.165) is 5.56 Å². The molecule has 1 aliphatic heterocycles. The van der Waals surface area contributed by atoms with Gasteiger partial charge in [-0.3, -0.25) is 0 Å². The highest BCUT2D eigenvalue weighted by Crippen LogP contribution is 2.33. The van der Waals surface area contributed by atoms with Gasteiger partial charge in [-0.05, 0) is 24.1 Å². The van der Waals surface area contributed by atoms with E-state index in [0.29, 0.717) is 19.6 Å². The van der Waals surface area contributed by atoms with Crippen LogP contribution in [0.25, 0.3) is 0 Å². The summed E-state index contributed by atoms with van der Waals surface area (Å²) in [4.78, 5) is 3.97. The van der Waals surface area contributed by atoms with Gasteiger partial charge in [-0.2, -0.15) is 5.10 Å². The van der Waals surface area contributed by atoms with Crippen LogP contribution in [-0.4, -0.2) is 46.0 Å². The molecule has 0 radical (unpaired) electrons. The average molecular weight is 321 g/mol. The van der Waals surface area contributed by atoms with Gasteiger partial charge >= 0.3 is 0 Å². The standard InChI is InChI=1S/C16H20FN3O3/c1-16(7-22-11-23-8-16)15(21)14(20-10-18-9-19-20)6-12-2-4-13(17)5-3-12/h2-5,9-10,14-15,21H,6-8,11H2,1H3. The minimum atomic E-state index is -0.755. The van der Waals surface area contributed by atoms with Gasteiger partial charge in [-0.1, -0.05) is 19.1 Å². The Morgan fingerprint density at radius 2 is 2.00 bits per heavy atom. The summed E-state index contributed by atoms with van der Waals surface area (Å²) in [5, 5.41) is 15.1. The molecule has 1 fully saturated rings. The number of hydrogen-bond donors (Lipinski definition) is 1. The molecule has 7 heteroatoms. The number of rotatable bonds is 5. The monoisotopic (exact) mass is 321 g/mol. The molecule has 3 rings (SSSR count). The second-order valence-electron chi connectivity index (χ2n) is 6.19. The summed E-state index contributed by atoms with van der Waals surface area (Å²) in [5.41, 5.74) is 0.363. The van der Waals surface area contributed by atoms with Crippen LogP contribution >= 0.6 is 0 Å². The van der Waals surface area contributed by atoms with Gasteiger partial charge in [-0.25, -0.2) is 14.1 Å². The summed E-state index contributed by atoms with van der Waals surface area (Å²) >= 11 is 0. The van der Waals surface area contributed by atoms with Crippen LogP contribution in [0.1, 0.15) is 18.5 Å². The van der Waals surface area contributed by atoms with Gasteiger partial charge in [0.1, 0.15) is 25.3 Å². The smallest absolute Gasteiger partial charge is 0.146 e. The van der Waals surface area contributed by atoms with E-state index in [1.54, 1.807) is 23.1 Å². The van der Waals surface area contributed by atoms with Crippen LogP contribution in [0.3, 0.4) is 0 Å². The van der Waals surface area contributed by atoms with Crippen molar-refractivity contribution in [3.05, 3.63) is 48.3 Å². The van der Waals surface area contributed by atoms with Gasteiger partial charge in [0.15, 0.2) is 0 Å². The van der Waals surface area contributed by atoms with Crippen molar-refractivity contribution in [2.45, 2.75) is 25.5 Å². The molecule has 2 unspecified atom stereocenters. The van der Waals surface area contributed by atoms with Gasteiger partial charge < -0.3 is 14.6 Å². The van der Waals surface area contributed by atoms with Crippen LogP contribution in [0.4, 0.5) is 4.39 Å². The molecule has 0 amide bonds. The highest BCUT2D eigenvalue weighted by atomic mass is 19.1. The molecule has 0 aliphatic carbocycles. The Labute approximate surface area is 133 Å². The van der Waals surface area contributed by atoms with Gasteiger partial charge in [0, 0.05) is 5.41 Å². The summed E-state index contributed by atoms with van der Waals surface area (Å²) in [6.45, 7) is 2.98. The van der Waals surface area contributed by atoms with Crippen LogP contribution in [0.2, 0.25) is 0 Å². The van der Waals surface area contributed by atoms with Crippen molar-refractivity contribution in [2.75, 3.05) is 20.0 Å². The molecule has 1 aliphatic rings. The first-order valence-electron chi connectivity index (χ1n) is 7.51. The number of nitrogens with zero attached hydrogens (tertiary/aromatic N) is 3. The van der Waals surface area contributed by atoms with E-state index in [4.69, 9.17) is 9.47 Å². The Balaban J connectivity index is 1.85. The second-order valence-corrected chi connectivity index (χ2v) is 6.19. The van der Waals surface area contributed by atoms with Crippen molar-refractivity contribution >= 4 is 0 Å². The third-order valence-corrected chi connectivity index (χ3v) is 4.24. The number of halogens is 1. The lowest BCUT2D eigenvalue weighted by Gasteiger charge is -2.40. The lowest BCUT2D eigenvalue weighted by Crippen LogP contribution is -2.48. The van der Waals surface area contributed by atoms with Gasteiger partial charge in [0.2, 0.25) is 0 Å². The Morgan fingerprint density at radius 3 is 2.61 bits per heavy atom. The van der Waals surface area contributed by atoms with Crippen LogP contribution < -0.4 is 0 Å². The molecule has 2 aromatic rings. The quantitative estimate of drug-likeness (QED) is 0.905. The Morgan fingerprint density at radius 1 is 1.30 bits per heavy atom. The minimum Gasteiger partial charge on any atom is -0.390 e. The molecule has 1 aromatic heterocycles. The first-order chi connectivity index (χ1) is 11.1. The molecule has 1 N–H and O–H groups in total. The lowest BCUT2D eigenvalue weighted by atomic mass is 9.80. The van der Waals surface area contributed by atoms with Crippen LogP contribution in [-0.2, 0) is 15.9 Å². The van der Waals surface area contributed by atoms with E-state index in [9.17, 15) is 9.50 Å². The summed E-state index contributed by atoms with van der Waals surface area (Å²) in [7, 11) is 0. The highest BCUT2D eigenvalue weighted by Gasteiger charge is 2.41. The van der Waals surface area contributed by atoms with E-state index < -0.39 is 11.5 Å². The highest BCUT2D eigenvalue weighted by molar-refractivity contribution is 5.17. The molecule has 1 aromatic carbocycles. The second kappa shape index (κ2) is 6.74. The summed E-state index contributed by atoms with van der Waals surface area (Å²) in [6.07, 6.45) is 2.75. The fraction of sp³-hybridized carbons (Fsp3) is 0.500. The largest absolute Gasteiger partial charge is 0.390 e. The first-order valence-corrected chi connectivity index (χ1v) is 7.51. The molecule has 23 heavy (non-hydrogen) atoms. The zero-order valence-electron chi connectivity index (χ0n) is 12.9. The van der Waals surface area contributed by atoms with Gasteiger partial charge in [-0.15, -0.1) is 0 Å². The molecule has 1 saturated heterocycles.